The lowest BCUT2D eigenvalue weighted by Crippen LogP contribution is -2.23. The number of carbonyl (C=O) groups excluding carboxylic acids is 2. The highest BCUT2D eigenvalue weighted by molar-refractivity contribution is 5.95. The van der Waals surface area contributed by atoms with E-state index >= 15 is 0 Å². The molecule has 0 amide bonds. The fourth-order valence-corrected chi connectivity index (χ4v) is 1.73. The molecule has 6 nitrogen and oxygen atoms in total. The highest BCUT2D eigenvalue weighted by Crippen LogP contribution is 2.21. The van der Waals surface area contributed by atoms with Crippen molar-refractivity contribution >= 4 is 17.6 Å². The number of rotatable bonds is 6. The van der Waals surface area contributed by atoms with Gasteiger partial charge in [0.1, 0.15) is 11.4 Å². The van der Waals surface area contributed by atoms with Crippen molar-refractivity contribution in [2.24, 2.45) is 0 Å². The zero-order chi connectivity index (χ0) is 16.8. The Labute approximate surface area is 130 Å². The molecule has 0 atom stereocenters. The molecule has 0 saturated heterocycles. The molecule has 0 saturated carbocycles. The van der Waals surface area contributed by atoms with Gasteiger partial charge in [-0.25, -0.2) is 4.79 Å². The van der Waals surface area contributed by atoms with E-state index in [2.05, 4.69) is 4.74 Å². The third-order valence-corrected chi connectivity index (χ3v) is 2.64. The fraction of sp³-hybridized carbons (Fsp3) is 0.500. The number of anilines is 1. The molecule has 22 heavy (non-hydrogen) atoms. The zero-order valence-electron chi connectivity index (χ0n) is 13.5. The van der Waals surface area contributed by atoms with Gasteiger partial charge in [0.05, 0.1) is 19.3 Å². The number of nitrogens with two attached hydrogens (primary N) is 1. The molecule has 1 aromatic rings. The van der Waals surface area contributed by atoms with Crippen molar-refractivity contribution in [2.45, 2.75) is 39.2 Å². The number of nitrogen functional groups attached to an aromatic ring is 1. The van der Waals surface area contributed by atoms with Gasteiger partial charge in [0.25, 0.3) is 0 Å². The molecule has 0 unspecified atom stereocenters. The van der Waals surface area contributed by atoms with E-state index in [-0.39, 0.29) is 18.1 Å². The van der Waals surface area contributed by atoms with Gasteiger partial charge in [0.2, 0.25) is 0 Å². The number of hydrogen-bond donors (Lipinski definition) is 1. The van der Waals surface area contributed by atoms with E-state index in [0.717, 1.165) is 0 Å². The van der Waals surface area contributed by atoms with E-state index in [1.807, 2.05) is 20.8 Å². The van der Waals surface area contributed by atoms with Gasteiger partial charge in [-0.2, -0.15) is 0 Å². The molecular formula is C16H23NO5. The van der Waals surface area contributed by atoms with Crippen LogP contribution in [-0.4, -0.2) is 31.3 Å². The Balaban J connectivity index is 2.41. The molecule has 0 aliphatic heterocycles. The van der Waals surface area contributed by atoms with Gasteiger partial charge in [0, 0.05) is 18.2 Å². The first-order valence-electron chi connectivity index (χ1n) is 7.05. The van der Waals surface area contributed by atoms with E-state index in [0.29, 0.717) is 24.3 Å². The lowest BCUT2D eigenvalue weighted by molar-refractivity contribution is -0.155. The second-order valence-electron chi connectivity index (χ2n) is 5.78. The number of hydrogen-bond acceptors (Lipinski definition) is 6. The summed E-state index contributed by atoms with van der Waals surface area (Å²) >= 11 is 0. The quantitative estimate of drug-likeness (QED) is 0.493. The largest absolute Gasteiger partial charge is 0.494 e. The molecule has 122 valence electrons. The van der Waals surface area contributed by atoms with Crippen LogP contribution in [0.15, 0.2) is 18.2 Å². The maximum atomic E-state index is 11.5. The lowest BCUT2D eigenvalue weighted by Gasteiger charge is -2.19. The van der Waals surface area contributed by atoms with Crippen LogP contribution < -0.4 is 10.5 Å². The fourth-order valence-electron chi connectivity index (χ4n) is 1.73. The molecule has 0 fully saturated rings. The maximum absolute atomic E-state index is 11.5. The van der Waals surface area contributed by atoms with Gasteiger partial charge in [-0.05, 0) is 39.3 Å². The minimum Gasteiger partial charge on any atom is -0.494 e. The van der Waals surface area contributed by atoms with Crippen molar-refractivity contribution in [2.75, 3.05) is 19.5 Å². The van der Waals surface area contributed by atoms with Gasteiger partial charge < -0.3 is 19.9 Å². The van der Waals surface area contributed by atoms with Gasteiger partial charge in [-0.1, -0.05) is 0 Å². The standard InChI is InChI=1S/C16H23NO5/c1-16(2,3)22-14(18)6-5-9-21-11-7-8-12(13(17)10-11)15(19)20-4/h7-8,10H,5-6,9,17H2,1-4H3. The van der Waals surface area contributed by atoms with Crippen molar-refractivity contribution in [1.29, 1.82) is 0 Å². The third kappa shape index (κ3) is 6.03. The number of benzene rings is 1. The van der Waals surface area contributed by atoms with Crippen LogP contribution in [-0.2, 0) is 14.3 Å². The van der Waals surface area contributed by atoms with Gasteiger partial charge in [-0.15, -0.1) is 0 Å². The average Bonchev–Trinajstić information content (AvgIpc) is 2.41. The Bertz CT molecular complexity index is 534. The average molecular weight is 309 g/mol. The first-order valence-corrected chi connectivity index (χ1v) is 7.05. The molecule has 0 bridgehead atoms. The summed E-state index contributed by atoms with van der Waals surface area (Å²) in [5.74, 6) is -0.208. The van der Waals surface area contributed by atoms with Crippen LogP contribution >= 0.6 is 0 Å². The molecular weight excluding hydrogens is 286 g/mol. The van der Waals surface area contributed by atoms with Crippen LogP contribution in [0.2, 0.25) is 0 Å². The van der Waals surface area contributed by atoms with Gasteiger partial charge >= 0.3 is 11.9 Å². The summed E-state index contributed by atoms with van der Waals surface area (Å²) in [5.41, 5.74) is 5.87. The molecule has 0 aliphatic rings. The topological polar surface area (TPSA) is 87.8 Å². The lowest BCUT2D eigenvalue weighted by atomic mass is 10.2. The Morgan fingerprint density at radius 1 is 1.23 bits per heavy atom. The summed E-state index contributed by atoms with van der Waals surface area (Å²) in [6.45, 7) is 5.84. The first-order chi connectivity index (χ1) is 10.2. The van der Waals surface area contributed by atoms with E-state index < -0.39 is 11.6 Å². The minimum atomic E-state index is -0.492. The van der Waals surface area contributed by atoms with Crippen LogP contribution in [0.1, 0.15) is 44.0 Å². The Morgan fingerprint density at radius 2 is 1.91 bits per heavy atom. The van der Waals surface area contributed by atoms with Crippen LogP contribution in [0.4, 0.5) is 5.69 Å². The normalized spacial score (nSPS) is 10.9. The predicted octanol–water partition coefficient (Wildman–Crippen LogP) is 2.56. The molecule has 1 rings (SSSR count). The summed E-state index contributed by atoms with van der Waals surface area (Å²) in [6.07, 6.45) is 0.820. The van der Waals surface area contributed by atoms with E-state index in [9.17, 15) is 9.59 Å². The molecule has 0 spiro atoms. The number of esters is 2. The SMILES string of the molecule is COC(=O)c1ccc(OCCCC(=O)OC(C)(C)C)cc1N. The monoisotopic (exact) mass is 309 g/mol. The summed E-state index contributed by atoms with van der Waals surface area (Å²) in [6, 6.07) is 4.74. The third-order valence-electron chi connectivity index (χ3n) is 2.64. The first kappa shape index (κ1) is 17.8. The smallest absolute Gasteiger partial charge is 0.339 e. The number of methoxy groups -OCH3 is 1. The van der Waals surface area contributed by atoms with Crippen LogP contribution in [0.5, 0.6) is 5.75 Å². The molecule has 2 N–H and O–H groups in total. The number of ether oxygens (including phenoxy) is 3. The summed E-state index contributed by atoms with van der Waals surface area (Å²) < 4.78 is 15.3. The molecule has 0 aliphatic carbocycles. The molecule has 0 aromatic heterocycles. The zero-order valence-corrected chi connectivity index (χ0v) is 13.5. The van der Waals surface area contributed by atoms with Crippen molar-refractivity contribution in [1.82, 2.24) is 0 Å². The molecule has 0 heterocycles. The Kier molecular flexibility index (Phi) is 6.22. The number of carbonyl (C=O) groups is 2. The van der Waals surface area contributed by atoms with Crippen molar-refractivity contribution in [3.63, 3.8) is 0 Å². The highest BCUT2D eigenvalue weighted by atomic mass is 16.6. The molecule has 6 heteroatoms. The van der Waals surface area contributed by atoms with Crippen LogP contribution in [0.3, 0.4) is 0 Å². The van der Waals surface area contributed by atoms with Crippen molar-refractivity contribution in [3.05, 3.63) is 23.8 Å². The minimum absolute atomic E-state index is 0.253. The molecule has 1 aromatic carbocycles. The van der Waals surface area contributed by atoms with E-state index in [1.165, 1.54) is 7.11 Å². The molecule has 0 radical (unpaired) electrons. The van der Waals surface area contributed by atoms with Crippen LogP contribution in [0.25, 0.3) is 0 Å². The summed E-state index contributed by atoms with van der Waals surface area (Å²) in [7, 11) is 1.29. The van der Waals surface area contributed by atoms with Crippen LogP contribution in [0, 0.1) is 0 Å². The second kappa shape index (κ2) is 7.68. The van der Waals surface area contributed by atoms with E-state index in [1.54, 1.807) is 18.2 Å². The van der Waals surface area contributed by atoms with Gasteiger partial charge in [-0.3, -0.25) is 4.79 Å². The Morgan fingerprint density at radius 3 is 2.45 bits per heavy atom. The van der Waals surface area contributed by atoms with Gasteiger partial charge in [0.15, 0.2) is 0 Å². The second-order valence-corrected chi connectivity index (χ2v) is 5.78. The highest BCUT2D eigenvalue weighted by Gasteiger charge is 2.15. The maximum Gasteiger partial charge on any atom is 0.339 e. The summed E-state index contributed by atoms with van der Waals surface area (Å²) in [5, 5.41) is 0. The van der Waals surface area contributed by atoms with Crippen molar-refractivity contribution in [3.8, 4) is 5.75 Å². The van der Waals surface area contributed by atoms with Crippen molar-refractivity contribution < 1.29 is 23.8 Å². The summed E-state index contributed by atoms with van der Waals surface area (Å²) in [4.78, 5) is 22.9. The Hall–Kier alpha value is -2.24. The van der Waals surface area contributed by atoms with E-state index in [4.69, 9.17) is 15.2 Å². The predicted molar refractivity (Wildman–Crippen MR) is 82.8 cm³/mol.